The van der Waals surface area contributed by atoms with Crippen LogP contribution in [0.3, 0.4) is 0 Å². The molecule has 0 spiro atoms. The first-order valence-corrected chi connectivity index (χ1v) is 6.60. The van der Waals surface area contributed by atoms with Gasteiger partial charge in [0.05, 0.1) is 12.0 Å². The minimum absolute atomic E-state index is 0.127. The van der Waals surface area contributed by atoms with E-state index in [1.165, 1.54) is 17.4 Å². The highest BCUT2D eigenvalue weighted by Gasteiger charge is 2.13. The Balaban J connectivity index is 2.03. The van der Waals surface area contributed by atoms with E-state index in [9.17, 15) is 9.59 Å². The molecule has 0 unspecified atom stereocenters. The number of benzene rings is 1. The lowest BCUT2D eigenvalue weighted by molar-refractivity contribution is -0.115. The Morgan fingerprint density at radius 1 is 1.21 bits per heavy atom. The normalized spacial score (nSPS) is 10.2. The van der Waals surface area contributed by atoms with Crippen molar-refractivity contribution in [1.29, 1.82) is 0 Å². The molecule has 4 nitrogen and oxygen atoms in total. The highest BCUT2D eigenvalue weighted by atomic mass is 32.1. The average molecular weight is 275 g/mol. The predicted molar refractivity (Wildman–Crippen MR) is 74.8 cm³/mol. The average Bonchev–Trinajstić information content (AvgIpc) is 2.80. The fraction of sp³-hybridized carbons (Fsp3) is 0.143. The maximum Gasteiger partial charge on any atom is 0.338 e. The van der Waals surface area contributed by atoms with Crippen LogP contribution < -0.4 is 5.32 Å². The zero-order valence-electron chi connectivity index (χ0n) is 10.3. The third-order valence-corrected chi connectivity index (χ3v) is 3.46. The van der Waals surface area contributed by atoms with Gasteiger partial charge in [-0.1, -0.05) is 29.8 Å². The van der Waals surface area contributed by atoms with E-state index < -0.39 is 5.97 Å². The number of carbonyl (C=O) groups is 2. The van der Waals surface area contributed by atoms with Crippen molar-refractivity contribution in [3.05, 3.63) is 52.4 Å². The molecule has 0 fully saturated rings. The third kappa shape index (κ3) is 3.42. The molecule has 2 N–H and O–H groups in total. The number of aromatic carboxylic acids is 1. The number of carboxylic acid groups (broad SMARTS) is 1. The zero-order chi connectivity index (χ0) is 13.8. The van der Waals surface area contributed by atoms with E-state index in [1.807, 2.05) is 31.2 Å². The van der Waals surface area contributed by atoms with Crippen molar-refractivity contribution in [2.45, 2.75) is 13.3 Å². The highest BCUT2D eigenvalue weighted by Crippen LogP contribution is 2.23. The summed E-state index contributed by atoms with van der Waals surface area (Å²) in [4.78, 5) is 22.8. The Morgan fingerprint density at radius 3 is 2.53 bits per heavy atom. The largest absolute Gasteiger partial charge is 0.478 e. The van der Waals surface area contributed by atoms with Crippen LogP contribution in [0, 0.1) is 6.92 Å². The summed E-state index contributed by atoms with van der Waals surface area (Å²) in [7, 11) is 0. The van der Waals surface area contributed by atoms with E-state index >= 15 is 0 Å². The molecule has 19 heavy (non-hydrogen) atoms. The van der Waals surface area contributed by atoms with Gasteiger partial charge in [-0.2, -0.15) is 0 Å². The van der Waals surface area contributed by atoms with Gasteiger partial charge in [0.15, 0.2) is 0 Å². The molecule has 0 radical (unpaired) electrons. The van der Waals surface area contributed by atoms with Gasteiger partial charge in [0.2, 0.25) is 5.91 Å². The number of amides is 1. The number of aryl methyl sites for hydroxylation is 1. The Hall–Kier alpha value is -2.14. The fourth-order valence-electron chi connectivity index (χ4n) is 1.64. The summed E-state index contributed by atoms with van der Waals surface area (Å²) in [6, 6.07) is 9.14. The molecular weight excluding hydrogens is 262 g/mol. The molecule has 0 bridgehead atoms. The van der Waals surface area contributed by atoms with Crippen molar-refractivity contribution >= 4 is 28.2 Å². The van der Waals surface area contributed by atoms with Gasteiger partial charge < -0.3 is 10.4 Å². The lowest BCUT2D eigenvalue weighted by atomic mass is 10.1. The molecule has 0 aliphatic carbocycles. The van der Waals surface area contributed by atoms with Crippen molar-refractivity contribution < 1.29 is 14.7 Å². The summed E-state index contributed by atoms with van der Waals surface area (Å²) in [5.41, 5.74) is 2.16. The lowest BCUT2D eigenvalue weighted by Crippen LogP contribution is -2.15. The number of anilines is 1. The molecule has 1 amide bonds. The van der Waals surface area contributed by atoms with Gasteiger partial charge in [0, 0.05) is 0 Å². The first kappa shape index (κ1) is 13.3. The zero-order valence-corrected chi connectivity index (χ0v) is 11.2. The molecule has 1 aromatic heterocycles. The number of hydrogen-bond donors (Lipinski definition) is 2. The van der Waals surface area contributed by atoms with Crippen molar-refractivity contribution in [1.82, 2.24) is 0 Å². The van der Waals surface area contributed by atoms with Crippen LogP contribution in [-0.2, 0) is 11.2 Å². The maximum absolute atomic E-state index is 11.8. The standard InChI is InChI=1S/C14H13NO3S/c1-9-2-4-10(5-3-9)8-12(16)15-13-11(14(17)18)6-7-19-13/h2-7H,8H2,1H3,(H,15,16)(H,17,18). The summed E-state index contributed by atoms with van der Waals surface area (Å²) in [5.74, 6) is -1.25. The number of rotatable bonds is 4. The second-order valence-electron chi connectivity index (χ2n) is 4.18. The first-order valence-electron chi connectivity index (χ1n) is 5.72. The summed E-state index contributed by atoms with van der Waals surface area (Å²) in [6.45, 7) is 1.98. The van der Waals surface area contributed by atoms with Crippen molar-refractivity contribution in [3.8, 4) is 0 Å². The Labute approximate surface area is 114 Å². The summed E-state index contributed by atoms with van der Waals surface area (Å²) >= 11 is 1.21. The number of thiophene rings is 1. The van der Waals surface area contributed by atoms with Crippen LogP contribution in [-0.4, -0.2) is 17.0 Å². The van der Waals surface area contributed by atoms with Crippen LogP contribution in [0.5, 0.6) is 0 Å². The molecule has 0 saturated heterocycles. The first-order chi connectivity index (χ1) is 9.06. The van der Waals surface area contributed by atoms with Gasteiger partial charge in [-0.3, -0.25) is 4.79 Å². The van der Waals surface area contributed by atoms with E-state index in [1.54, 1.807) is 5.38 Å². The monoisotopic (exact) mass is 275 g/mol. The molecule has 5 heteroatoms. The smallest absolute Gasteiger partial charge is 0.338 e. The van der Waals surface area contributed by atoms with E-state index in [0.29, 0.717) is 5.00 Å². The summed E-state index contributed by atoms with van der Waals surface area (Å²) in [6.07, 6.45) is 0.233. The molecule has 2 rings (SSSR count). The Morgan fingerprint density at radius 2 is 1.89 bits per heavy atom. The van der Waals surface area contributed by atoms with Crippen LogP contribution in [0.1, 0.15) is 21.5 Å². The third-order valence-electron chi connectivity index (χ3n) is 2.63. The number of carboxylic acids is 1. The highest BCUT2D eigenvalue weighted by molar-refractivity contribution is 7.14. The molecule has 1 aromatic carbocycles. The topological polar surface area (TPSA) is 66.4 Å². The van der Waals surface area contributed by atoms with Crippen molar-refractivity contribution in [2.24, 2.45) is 0 Å². The van der Waals surface area contributed by atoms with Crippen LogP contribution >= 0.6 is 11.3 Å². The van der Waals surface area contributed by atoms with E-state index in [0.717, 1.165) is 11.1 Å². The van der Waals surface area contributed by atoms with Gasteiger partial charge in [0.25, 0.3) is 0 Å². The van der Waals surface area contributed by atoms with Crippen LogP contribution in [0.2, 0.25) is 0 Å². The molecule has 0 saturated carbocycles. The molecule has 0 aliphatic rings. The van der Waals surface area contributed by atoms with E-state index in [-0.39, 0.29) is 17.9 Å². The molecule has 98 valence electrons. The van der Waals surface area contributed by atoms with Gasteiger partial charge in [-0.15, -0.1) is 11.3 Å². The molecule has 1 heterocycles. The molecular formula is C14H13NO3S. The summed E-state index contributed by atoms with van der Waals surface area (Å²) < 4.78 is 0. The Kier molecular flexibility index (Phi) is 3.97. The van der Waals surface area contributed by atoms with Gasteiger partial charge in [-0.05, 0) is 23.9 Å². The van der Waals surface area contributed by atoms with Gasteiger partial charge in [-0.25, -0.2) is 4.79 Å². The number of nitrogens with one attached hydrogen (secondary N) is 1. The Bertz CT molecular complexity index is 601. The van der Waals surface area contributed by atoms with Gasteiger partial charge in [0.1, 0.15) is 5.00 Å². The van der Waals surface area contributed by atoms with E-state index in [4.69, 9.17) is 5.11 Å². The van der Waals surface area contributed by atoms with E-state index in [2.05, 4.69) is 5.32 Å². The SMILES string of the molecule is Cc1ccc(CC(=O)Nc2sccc2C(=O)O)cc1. The minimum atomic E-state index is -1.04. The maximum atomic E-state index is 11.8. The number of carbonyl (C=O) groups excluding carboxylic acids is 1. The lowest BCUT2D eigenvalue weighted by Gasteiger charge is -2.04. The van der Waals surface area contributed by atoms with Crippen LogP contribution in [0.15, 0.2) is 35.7 Å². The minimum Gasteiger partial charge on any atom is -0.478 e. The van der Waals surface area contributed by atoms with Crippen LogP contribution in [0.4, 0.5) is 5.00 Å². The second-order valence-corrected chi connectivity index (χ2v) is 5.10. The summed E-state index contributed by atoms with van der Waals surface area (Å²) in [5, 5.41) is 13.6. The predicted octanol–water partition coefficient (Wildman–Crippen LogP) is 2.94. The fourth-order valence-corrected chi connectivity index (χ4v) is 2.43. The number of hydrogen-bond acceptors (Lipinski definition) is 3. The molecule has 0 aliphatic heterocycles. The molecule has 2 aromatic rings. The van der Waals surface area contributed by atoms with Crippen molar-refractivity contribution in [3.63, 3.8) is 0 Å². The van der Waals surface area contributed by atoms with Crippen molar-refractivity contribution in [2.75, 3.05) is 5.32 Å². The second kappa shape index (κ2) is 5.67. The van der Waals surface area contributed by atoms with Gasteiger partial charge >= 0.3 is 5.97 Å². The quantitative estimate of drug-likeness (QED) is 0.901. The van der Waals surface area contributed by atoms with Crippen LogP contribution in [0.25, 0.3) is 0 Å². The molecule has 0 atom stereocenters.